The summed E-state index contributed by atoms with van der Waals surface area (Å²) in [6.07, 6.45) is 12.0. The molecule has 0 saturated heterocycles. The molecule has 0 bridgehead atoms. The Kier molecular flexibility index (Phi) is 7.27. The lowest BCUT2D eigenvalue weighted by Gasteiger charge is -2.34. The van der Waals surface area contributed by atoms with E-state index in [0.29, 0.717) is 11.1 Å². The molecule has 3 N–H and O–H groups in total. The van der Waals surface area contributed by atoms with Gasteiger partial charge < -0.3 is 5.73 Å². The second-order valence-corrected chi connectivity index (χ2v) is 7.10. The molecule has 4 heteroatoms. The van der Waals surface area contributed by atoms with Crippen molar-refractivity contribution >= 4 is 11.7 Å². The first kappa shape index (κ1) is 19.2. The zero-order chi connectivity index (χ0) is 17.5. The smallest absolute Gasteiger partial charge is 0.332 e. The number of hydrogen-bond acceptors (Lipinski definition) is 2. The van der Waals surface area contributed by atoms with Gasteiger partial charge in [-0.25, -0.2) is 10.2 Å². The van der Waals surface area contributed by atoms with Crippen LogP contribution in [0.1, 0.15) is 66.7 Å². The van der Waals surface area contributed by atoms with Crippen LogP contribution in [0, 0.1) is 5.41 Å². The van der Waals surface area contributed by atoms with Crippen molar-refractivity contribution in [3.63, 3.8) is 0 Å². The molecule has 0 atom stereocenters. The summed E-state index contributed by atoms with van der Waals surface area (Å²) in [4.78, 5) is 10.6. The third-order valence-electron chi connectivity index (χ3n) is 4.52. The first-order valence-electron chi connectivity index (χ1n) is 8.35. The van der Waals surface area contributed by atoms with E-state index < -0.39 is 6.03 Å². The summed E-state index contributed by atoms with van der Waals surface area (Å²) in [5.41, 5.74) is 12.8. The molecule has 1 aliphatic carbocycles. The lowest BCUT2D eigenvalue weighted by atomic mass is 9.71. The van der Waals surface area contributed by atoms with E-state index in [9.17, 15) is 4.79 Å². The molecular formula is C19H31N3O. The topological polar surface area (TPSA) is 67.5 Å². The van der Waals surface area contributed by atoms with Gasteiger partial charge in [0.25, 0.3) is 0 Å². The molecule has 1 aliphatic rings. The molecular weight excluding hydrogens is 286 g/mol. The van der Waals surface area contributed by atoms with Gasteiger partial charge in [0, 0.05) is 0 Å². The van der Waals surface area contributed by atoms with Crippen LogP contribution in [0.2, 0.25) is 0 Å². The predicted molar refractivity (Wildman–Crippen MR) is 98.3 cm³/mol. The quantitative estimate of drug-likeness (QED) is 0.313. The fraction of sp³-hybridized carbons (Fsp3) is 0.579. The van der Waals surface area contributed by atoms with E-state index in [4.69, 9.17) is 5.73 Å². The van der Waals surface area contributed by atoms with Crippen LogP contribution >= 0.6 is 0 Å². The van der Waals surface area contributed by atoms with Gasteiger partial charge >= 0.3 is 6.03 Å². The third-order valence-corrected chi connectivity index (χ3v) is 4.52. The van der Waals surface area contributed by atoms with Crippen molar-refractivity contribution in [2.45, 2.75) is 66.7 Å². The van der Waals surface area contributed by atoms with Crippen LogP contribution in [0.5, 0.6) is 0 Å². The van der Waals surface area contributed by atoms with Crippen LogP contribution in [0.25, 0.3) is 0 Å². The van der Waals surface area contributed by atoms with Gasteiger partial charge in [0.1, 0.15) is 0 Å². The summed E-state index contributed by atoms with van der Waals surface area (Å²) < 4.78 is 0. The van der Waals surface area contributed by atoms with Crippen LogP contribution in [0.3, 0.4) is 0 Å². The standard InChI is InChI=1S/C19H31N3O/c1-14(8-6-10-16(3)21-22-18(20)23)11-12-17-15(2)9-7-13-19(17,4)5/h6,8,10H,7,9,11-13H2,1-5H3,(H3,20,22,23)/b10-6+,14-8+,21-16-. The van der Waals surface area contributed by atoms with E-state index in [2.05, 4.69) is 44.3 Å². The fourth-order valence-corrected chi connectivity index (χ4v) is 3.16. The monoisotopic (exact) mass is 317 g/mol. The largest absolute Gasteiger partial charge is 0.350 e. The van der Waals surface area contributed by atoms with Gasteiger partial charge in [0.05, 0.1) is 5.71 Å². The minimum absolute atomic E-state index is 0.349. The van der Waals surface area contributed by atoms with Crippen molar-refractivity contribution in [2.24, 2.45) is 16.3 Å². The number of nitrogens with zero attached hydrogens (tertiary/aromatic N) is 1. The Hall–Kier alpha value is -1.84. The van der Waals surface area contributed by atoms with Crippen molar-refractivity contribution in [1.82, 2.24) is 5.43 Å². The second kappa shape index (κ2) is 8.70. The molecule has 0 heterocycles. The Balaban J connectivity index is 2.57. The molecule has 0 fully saturated rings. The van der Waals surface area contributed by atoms with Crippen molar-refractivity contribution < 1.29 is 4.79 Å². The molecule has 0 spiro atoms. The molecule has 0 aromatic rings. The minimum atomic E-state index is -0.650. The summed E-state index contributed by atoms with van der Waals surface area (Å²) in [6, 6.07) is -0.650. The average Bonchev–Trinajstić information content (AvgIpc) is 2.44. The van der Waals surface area contributed by atoms with Crippen LogP contribution in [0.15, 0.2) is 40.0 Å². The molecule has 0 radical (unpaired) electrons. The maximum absolute atomic E-state index is 10.6. The number of nitrogens with one attached hydrogen (secondary N) is 1. The Morgan fingerprint density at radius 3 is 2.70 bits per heavy atom. The highest BCUT2D eigenvalue weighted by molar-refractivity contribution is 5.93. The molecule has 1 rings (SSSR count). The molecule has 4 nitrogen and oxygen atoms in total. The highest BCUT2D eigenvalue weighted by Crippen LogP contribution is 2.42. The number of rotatable bonds is 6. The number of primary amides is 1. The van der Waals surface area contributed by atoms with Crippen LogP contribution in [0.4, 0.5) is 4.79 Å². The number of nitrogens with two attached hydrogens (primary N) is 1. The Bertz CT molecular complexity index is 551. The lowest BCUT2D eigenvalue weighted by Crippen LogP contribution is -2.25. The van der Waals surface area contributed by atoms with Gasteiger partial charge in [0.2, 0.25) is 0 Å². The van der Waals surface area contributed by atoms with Crippen molar-refractivity contribution in [3.05, 3.63) is 34.9 Å². The third kappa shape index (κ3) is 6.85. The number of hydrogen-bond donors (Lipinski definition) is 2. The molecule has 0 unspecified atom stereocenters. The summed E-state index contributed by atoms with van der Waals surface area (Å²) in [6.45, 7) is 11.0. The SMILES string of the molecule is CC1=C(CC/C(C)=C/C=C/C(C)=N\NC(N)=O)C(C)(C)CCC1. The number of carbonyl (C=O) groups excluding carboxylic acids is 1. The first-order valence-corrected chi connectivity index (χ1v) is 8.35. The molecule has 0 aromatic heterocycles. The lowest BCUT2D eigenvalue weighted by molar-refractivity contribution is 0.249. The molecule has 0 aliphatic heterocycles. The predicted octanol–water partition coefficient (Wildman–Crippen LogP) is 4.84. The van der Waals surface area contributed by atoms with E-state index in [1.807, 2.05) is 19.1 Å². The average molecular weight is 317 g/mol. The second-order valence-electron chi connectivity index (χ2n) is 7.10. The fourth-order valence-electron chi connectivity index (χ4n) is 3.16. The number of amides is 2. The van der Waals surface area contributed by atoms with Gasteiger partial charge in [-0.1, -0.05) is 42.7 Å². The van der Waals surface area contributed by atoms with E-state index in [0.717, 1.165) is 12.8 Å². The maximum atomic E-state index is 10.6. The summed E-state index contributed by atoms with van der Waals surface area (Å²) in [7, 11) is 0. The molecule has 0 aromatic carbocycles. The molecule has 2 amide bonds. The molecule has 128 valence electrons. The van der Waals surface area contributed by atoms with Crippen molar-refractivity contribution in [3.8, 4) is 0 Å². The zero-order valence-electron chi connectivity index (χ0n) is 15.2. The number of allylic oxidation sites excluding steroid dienone is 6. The molecule has 23 heavy (non-hydrogen) atoms. The summed E-state index contributed by atoms with van der Waals surface area (Å²) in [5, 5.41) is 3.84. The first-order chi connectivity index (χ1) is 10.7. The Morgan fingerprint density at radius 1 is 1.39 bits per heavy atom. The van der Waals surface area contributed by atoms with Crippen LogP contribution < -0.4 is 11.2 Å². The highest BCUT2D eigenvalue weighted by Gasteiger charge is 2.27. The van der Waals surface area contributed by atoms with Gasteiger partial charge in [-0.2, -0.15) is 5.10 Å². The maximum Gasteiger partial charge on any atom is 0.332 e. The van der Waals surface area contributed by atoms with E-state index in [-0.39, 0.29) is 0 Å². The summed E-state index contributed by atoms with van der Waals surface area (Å²) >= 11 is 0. The number of hydrazone groups is 1. The van der Waals surface area contributed by atoms with Crippen LogP contribution in [-0.4, -0.2) is 11.7 Å². The van der Waals surface area contributed by atoms with Crippen LogP contribution in [-0.2, 0) is 0 Å². The van der Waals surface area contributed by atoms with E-state index in [1.165, 1.54) is 24.8 Å². The van der Waals surface area contributed by atoms with Gasteiger partial charge in [-0.15, -0.1) is 0 Å². The Labute approximate surface area is 140 Å². The summed E-state index contributed by atoms with van der Waals surface area (Å²) in [5.74, 6) is 0. The highest BCUT2D eigenvalue weighted by atomic mass is 16.2. The minimum Gasteiger partial charge on any atom is -0.350 e. The van der Waals surface area contributed by atoms with E-state index >= 15 is 0 Å². The zero-order valence-corrected chi connectivity index (χ0v) is 15.2. The van der Waals surface area contributed by atoms with Gasteiger partial charge in [-0.05, 0) is 64.4 Å². The van der Waals surface area contributed by atoms with Crippen molar-refractivity contribution in [2.75, 3.05) is 0 Å². The Morgan fingerprint density at radius 2 is 2.09 bits per heavy atom. The number of urea groups is 1. The molecule has 0 saturated carbocycles. The van der Waals surface area contributed by atoms with Gasteiger partial charge in [0.15, 0.2) is 0 Å². The van der Waals surface area contributed by atoms with Gasteiger partial charge in [-0.3, -0.25) is 0 Å². The van der Waals surface area contributed by atoms with Crippen molar-refractivity contribution in [1.29, 1.82) is 0 Å². The van der Waals surface area contributed by atoms with E-state index in [1.54, 1.807) is 11.1 Å². The normalized spacial score (nSPS) is 19.3. The number of carbonyl (C=O) groups is 1.